The highest BCUT2D eigenvalue weighted by atomic mass is 16.5. The molecule has 0 radical (unpaired) electrons. The number of carboxylic acids is 1. The molecule has 3 aromatic rings. The molecule has 2 saturated carbocycles. The first-order valence-electron chi connectivity index (χ1n) is 15.5. The van der Waals surface area contributed by atoms with Crippen molar-refractivity contribution in [2.24, 2.45) is 18.4 Å². The molecule has 222 valence electrons. The van der Waals surface area contributed by atoms with Gasteiger partial charge in [-0.1, -0.05) is 32.9 Å². The number of carbonyl (C=O) groups is 1. The van der Waals surface area contributed by atoms with Gasteiger partial charge in [0, 0.05) is 32.1 Å². The van der Waals surface area contributed by atoms with Crippen molar-refractivity contribution in [2.75, 3.05) is 11.5 Å². The zero-order valence-electron chi connectivity index (χ0n) is 25.3. The van der Waals surface area contributed by atoms with E-state index < -0.39 is 5.97 Å². The van der Waals surface area contributed by atoms with Crippen LogP contribution in [0.15, 0.2) is 42.5 Å². The van der Waals surface area contributed by atoms with E-state index in [1.54, 1.807) is 0 Å². The third-order valence-corrected chi connectivity index (χ3v) is 9.13. The fourth-order valence-corrected chi connectivity index (χ4v) is 6.61. The molecule has 2 aliphatic rings. The summed E-state index contributed by atoms with van der Waals surface area (Å²) < 4.78 is 14.3. The molecule has 2 fully saturated rings. The number of anilines is 1. The van der Waals surface area contributed by atoms with E-state index in [1.165, 1.54) is 31.2 Å². The lowest BCUT2D eigenvalue weighted by molar-refractivity contribution is -0.137. The minimum absolute atomic E-state index is 0.122. The summed E-state index contributed by atoms with van der Waals surface area (Å²) in [5.74, 6) is 2.65. The maximum Gasteiger partial charge on any atom is 0.303 e. The van der Waals surface area contributed by atoms with Crippen molar-refractivity contribution in [3.05, 3.63) is 48.0 Å². The molecule has 0 aliphatic heterocycles. The second kappa shape index (κ2) is 12.7. The SMILES string of the molecule is Cn1c(N(Cc2ccc(OCCCC(=O)O)cc2)C2CCC(C(C)(C)C)CC2)nc2cc(OC3CCCC3)ccc21. The molecule has 1 aromatic heterocycles. The van der Waals surface area contributed by atoms with Crippen LogP contribution in [-0.2, 0) is 18.4 Å². The monoisotopic (exact) mass is 561 g/mol. The highest BCUT2D eigenvalue weighted by Gasteiger charge is 2.33. The molecule has 0 atom stereocenters. The highest BCUT2D eigenvalue weighted by Crippen LogP contribution is 2.40. The standard InChI is InChI=1S/C34H47N3O4/c1-34(2,3)25-13-15-26(16-14-25)37(23-24-11-17-27(18-12-24)40-21-7-10-32(38)39)33-35-30-22-29(19-20-31(30)36(33)4)41-28-8-5-6-9-28/h11-12,17-20,22,25-26,28H,5-10,13-16,21,23H2,1-4H3,(H,38,39). The quantitative estimate of drug-likeness (QED) is 0.241. The lowest BCUT2D eigenvalue weighted by atomic mass is 9.71. The summed E-state index contributed by atoms with van der Waals surface area (Å²) in [6.45, 7) is 8.29. The average Bonchev–Trinajstić information content (AvgIpc) is 3.57. The van der Waals surface area contributed by atoms with E-state index in [4.69, 9.17) is 19.6 Å². The Labute approximate surface area is 244 Å². The molecular formula is C34H47N3O4. The zero-order chi connectivity index (χ0) is 29.0. The average molecular weight is 562 g/mol. The Morgan fingerprint density at radius 3 is 2.34 bits per heavy atom. The van der Waals surface area contributed by atoms with Gasteiger partial charge in [0.05, 0.1) is 23.7 Å². The van der Waals surface area contributed by atoms with Crippen molar-refractivity contribution in [3.63, 3.8) is 0 Å². The molecule has 2 aromatic carbocycles. The number of carboxylic acid groups (broad SMARTS) is 1. The number of aryl methyl sites for hydroxylation is 1. The minimum Gasteiger partial charge on any atom is -0.494 e. The van der Waals surface area contributed by atoms with Crippen molar-refractivity contribution in [3.8, 4) is 11.5 Å². The van der Waals surface area contributed by atoms with Gasteiger partial charge >= 0.3 is 5.97 Å². The molecule has 1 N–H and O–H groups in total. The van der Waals surface area contributed by atoms with E-state index in [1.807, 2.05) is 12.1 Å². The summed E-state index contributed by atoms with van der Waals surface area (Å²) in [4.78, 5) is 18.5. The second-order valence-electron chi connectivity index (χ2n) is 13.1. The summed E-state index contributed by atoms with van der Waals surface area (Å²) in [5.41, 5.74) is 3.65. The Balaban J connectivity index is 1.36. The van der Waals surface area contributed by atoms with E-state index in [0.29, 0.717) is 30.6 Å². The summed E-state index contributed by atoms with van der Waals surface area (Å²) >= 11 is 0. The number of imidazole rings is 1. The van der Waals surface area contributed by atoms with Gasteiger partial charge < -0.3 is 24.0 Å². The van der Waals surface area contributed by atoms with Gasteiger partial charge in [0.1, 0.15) is 11.5 Å². The number of aromatic nitrogens is 2. The van der Waals surface area contributed by atoms with Crippen LogP contribution in [-0.4, -0.2) is 39.4 Å². The number of fused-ring (bicyclic) bond motifs is 1. The first-order chi connectivity index (χ1) is 19.7. The lowest BCUT2D eigenvalue weighted by Crippen LogP contribution is -2.41. The molecule has 5 rings (SSSR count). The van der Waals surface area contributed by atoms with Crippen LogP contribution in [0.25, 0.3) is 11.0 Å². The van der Waals surface area contributed by atoms with Crippen LogP contribution in [0.5, 0.6) is 11.5 Å². The molecule has 0 spiro atoms. The predicted octanol–water partition coefficient (Wildman–Crippen LogP) is 7.75. The van der Waals surface area contributed by atoms with E-state index in [-0.39, 0.29) is 6.42 Å². The van der Waals surface area contributed by atoms with Gasteiger partial charge in [0.2, 0.25) is 5.95 Å². The fourth-order valence-electron chi connectivity index (χ4n) is 6.61. The zero-order valence-corrected chi connectivity index (χ0v) is 25.3. The van der Waals surface area contributed by atoms with Gasteiger partial charge in [-0.05, 0) is 98.9 Å². The predicted molar refractivity (Wildman–Crippen MR) is 164 cm³/mol. The van der Waals surface area contributed by atoms with Crippen LogP contribution < -0.4 is 14.4 Å². The van der Waals surface area contributed by atoms with Crippen molar-refractivity contribution in [1.29, 1.82) is 0 Å². The number of nitrogens with zero attached hydrogens (tertiary/aromatic N) is 3. The summed E-state index contributed by atoms with van der Waals surface area (Å²) in [6.07, 6.45) is 10.5. The van der Waals surface area contributed by atoms with Crippen LogP contribution in [0, 0.1) is 11.3 Å². The number of aliphatic carboxylic acids is 1. The summed E-state index contributed by atoms with van der Waals surface area (Å²) in [5, 5.41) is 8.85. The van der Waals surface area contributed by atoms with Crippen LogP contribution in [0.1, 0.15) is 90.5 Å². The van der Waals surface area contributed by atoms with Gasteiger partial charge in [-0.2, -0.15) is 0 Å². The van der Waals surface area contributed by atoms with E-state index in [2.05, 4.69) is 67.6 Å². The second-order valence-corrected chi connectivity index (χ2v) is 13.1. The van der Waals surface area contributed by atoms with Gasteiger partial charge in [-0.3, -0.25) is 4.79 Å². The molecule has 2 aliphatic carbocycles. The summed E-state index contributed by atoms with van der Waals surface area (Å²) in [6, 6.07) is 15.0. The largest absolute Gasteiger partial charge is 0.494 e. The number of hydrogen-bond donors (Lipinski definition) is 1. The summed E-state index contributed by atoms with van der Waals surface area (Å²) in [7, 11) is 2.13. The maximum atomic E-state index is 10.8. The van der Waals surface area contributed by atoms with Crippen molar-refractivity contribution >= 4 is 23.0 Å². The van der Waals surface area contributed by atoms with Crippen molar-refractivity contribution < 1.29 is 19.4 Å². The Morgan fingerprint density at radius 2 is 1.68 bits per heavy atom. The highest BCUT2D eigenvalue weighted by molar-refractivity contribution is 5.80. The normalized spacial score (nSPS) is 19.9. The molecule has 1 heterocycles. The first-order valence-corrected chi connectivity index (χ1v) is 15.5. The van der Waals surface area contributed by atoms with Crippen molar-refractivity contribution in [2.45, 2.75) is 104 Å². The Morgan fingerprint density at radius 1 is 1.00 bits per heavy atom. The van der Waals surface area contributed by atoms with E-state index in [0.717, 1.165) is 66.6 Å². The number of benzene rings is 2. The molecule has 0 amide bonds. The van der Waals surface area contributed by atoms with Crippen LogP contribution in [0.3, 0.4) is 0 Å². The molecule has 0 saturated heterocycles. The lowest BCUT2D eigenvalue weighted by Gasteiger charge is -2.41. The van der Waals surface area contributed by atoms with E-state index in [9.17, 15) is 4.79 Å². The van der Waals surface area contributed by atoms with Gasteiger partial charge in [0.25, 0.3) is 0 Å². The molecule has 7 nitrogen and oxygen atoms in total. The van der Waals surface area contributed by atoms with E-state index >= 15 is 0 Å². The molecule has 0 bridgehead atoms. The number of hydrogen-bond acceptors (Lipinski definition) is 5. The molecular weight excluding hydrogens is 514 g/mol. The Kier molecular flexibility index (Phi) is 9.10. The minimum atomic E-state index is -0.792. The van der Waals surface area contributed by atoms with Crippen LogP contribution in [0.4, 0.5) is 5.95 Å². The third-order valence-electron chi connectivity index (χ3n) is 9.13. The third kappa shape index (κ3) is 7.35. The maximum absolute atomic E-state index is 10.8. The first kappa shape index (κ1) is 29.3. The van der Waals surface area contributed by atoms with Gasteiger partial charge in [-0.15, -0.1) is 0 Å². The number of rotatable bonds is 11. The van der Waals surface area contributed by atoms with Crippen LogP contribution >= 0.6 is 0 Å². The topological polar surface area (TPSA) is 76.8 Å². The van der Waals surface area contributed by atoms with Crippen molar-refractivity contribution in [1.82, 2.24) is 9.55 Å². The number of ether oxygens (including phenoxy) is 2. The van der Waals surface area contributed by atoms with Gasteiger partial charge in [0.15, 0.2) is 0 Å². The van der Waals surface area contributed by atoms with Gasteiger partial charge in [-0.25, -0.2) is 4.98 Å². The Hall–Kier alpha value is -3.22. The van der Waals surface area contributed by atoms with Crippen LogP contribution in [0.2, 0.25) is 0 Å². The molecule has 0 unspecified atom stereocenters. The molecule has 41 heavy (non-hydrogen) atoms. The fraction of sp³-hybridized carbons (Fsp3) is 0.588. The molecule has 7 heteroatoms. The smallest absolute Gasteiger partial charge is 0.303 e. The Bertz CT molecular complexity index is 1300.